The minimum atomic E-state index is 0.564. The molecule has 0 aliphatic rings. The summed E-state index contributed by atoms with van der Waals surface area (Å²) >= 11 is 1.74. The van der Waals surface area contributed by atoms with Crippen molar-refractivity contribution in [2.24, 2.45) is 4.99 Å². The number of hydrogen-bond acceptors (Lipinski definition) is 5. The van der Waals surface area contributed by atoms with Crippen molar-refractivity contribution in [3.63, 3.8) is 0 Å². The topological polar surface area (TPSA) is 66.7 Å². The molecule has 20 heavy (non-hydrogen) atoms. The zero-order chi connectivity index (χ0) is 14.0. The van der Waals surface area contributed by atoms with E-state index >= 15 is 0 Å². The van der Waals surface area contributed by atoms with Gasteiger partial charge in [-0.05, 0) is 18.2 Å². The largest absolute Gasteiger partial charge is 0.477 e. The molecule has 1 heterocycles. The normalized spacial score (nSPS) is 10.7. The number of hydrogen-bond donors (Lipinski definition) is 2. The van der Waals surface area contributed by atoms with Crippen molar-refractivity contribution in [2.45, 2.75) is 4.90 Å². The quantitative estimate of drug-likeness (QED) is 0.270. The predicted molar refractivity (Wildman–Crippen MR) is 80.0 cm³/mol. The Morgan fingerprint density at radius 2 is 2.10 bits per heavy atom. The summed E-state index contributed by atoms with van der Waals surface area (Å²) in [6.45, 7) is 0.591. The summed E-state index contributed by atoms with van der Waals surface area (Å²) in [7, 11) is 0. The van der Waals surface area contributed by atoms with E-state index in [1.54, 1.807) is 30.1 Å². The van der Waals surface area contributed by atoms with Crippen LogP contribution in [0.25, 0.3) is 0 Å². The molecule has 0 aliphatic carbocycles. The fourth-order valence-electron chi connectivity index (χ4n) is 1.46. The van der Waals surface area contributed by atoms with Crippen molar-refractivity contribution in [1.82, 2.24) is 10.5 Å². The number of aliphatic imine (C=N–C) groups is 1. The average molecular weight is 289 g/mol. The van der Waals surface area contributed by atoms with E-state index in [1.165, 1.54) is 11.2 Å². The van der Waals surface area contributed by atoms with Crippen LogP contribution in [0.2, 0.25) is 0 Å². The molecule has 2 aromatic rings. The summed E-state index contributed by atoms with van der Waals surface area (Å²) in [6, 6.07) is 13.7. The van der Waals surface area contributed by atoms with Crippen LogP contribution < -0.4 is 10.2 Å². The van der Waals surface area contributed by atoms with Gasteiger partial charge in [0.2, 0.25) is 5.88 Å². The third kappa shape index (κ3) is 4.91. The number of benzene rings is 1. The van der Waals surface area contributed by atoms with E-state index in [0.717, 1.165) is 5.75 Å². The van der Waals surface area contributed by atoms with Gasteiger partial charge in [0, 0.05) is 16.7 Å². The Kier molecular flexibility index (Phi) is 5.88. The molecule has 0 atom stereocenters. The minimum absolute atomic E-state index is 0.564. The second-order valence-electron chi connectivity index (χ2n) is 3.75. The number of pyridine rings is 1. The molecule has 2 rings (SSSR count). The number of thioether (sulfide) groups is 1. The van der Waals surface area contributed by atoms with E-state index < -0.39 is 0 Å². The maximum absolute atomic E-state index is 8.37. The molecule has 6 heteroatoms. The standard InChI is InChI=1S/C14H15N3O2S/c18-17-11-16-12-6-7-14(15-10-12)19-8-9-20-13-4-2-1-3-5-13/h1-7,10-11,18H,8-9H2,(H,16,17). The molecule has 0 radical (unpaired) electrons. The van der Waals surface area contributed by atoms with E-state index in [2.05, 4.69) is 22.1 Å². The number of nitrogens with one attached hydrogen (secondary N) is 1. The first kappa shape index (κ1) is 14.4. The average Bonchev–Trinajstić information content (AvgIpc) is 2.52. The van der Waals surface area contributed by atoms with Crippen LogP contribution >= 0.6 is 11.8 Å². The Morgan fingerprint density at radius 3 is 2.80 bits per heavy atom. The zero-order valence-corrected chi connectivity index (χ0v) is 11.6. The molecule has 5 nitrogen and oxygen atoms in total. The van der Waals surface area contributed by atoms with E-state index in [1.807, 2.05) is 23.7 Å². The molecule has 0 unspecified atom stereocenters. The first-order valence-corrected chi connectivity index (χ1v) is 7.06. The van der Waals surface area contributed by atoms with Crippen LogP contribution in [0.15, 0.2) is 58.5 Å². The Hall–Kier alpha value is -2.05. The molecular formula is C14H15N3O2S. The van der Waals surface area contributed by atoms with Crippen molar-refractivity contribution in [2.75, 3.05) is 12.4 Å². The van der Waals surface area contributed by atoms with E-state index in [4.69, 9.17) is 9.94 Å². The van der Waals surface area contributed by atoms with Crippen LogP contribution in [0, 0.1) is 0 Å². The van der Waals surface area contributed by atoms with Crippen molar-refractivity contribution in [3.05, 3.63) is 48.7 Å². The Labute approximate surface area is 121 Å². The maximum atomic E-state index is 8.37. The highest BCUT2D eigenvalue weighted by atomic mass is 32.2. The third-order valence-corrected chi connectivity index (χ3v) is 3.31. The van der Waals surface area contributed by atoms with Gasteiger partial charge in [-0.25, -0.2) is 9.98 Å². The van der Waals surface area contributed by atoms with E-state index in [-0.39, 0.29) is 0 Å². The molecule has 1 aromatic heterocycles. The van der Waals surface area contributed by atoms with Crippen molar-refractivity contribution >= 4 is 23.8 Å². The van der Waals surface area contributed by atoms with Crippen LogP contribution in [0.5, 0.6) is 5.88 Å². The lowest BCUT2D eigenvalue weighted by atomic mass is 10.4. The molecule has 0 spiro atoms. The van der Waals surface area contributed by atoms with Crippen molar-refractivity contribution in [1.29, 1.82) is 0 Å². The molecule has 0 fully saturated rings. The molecule has 0 amide bonds. The molecule has 0 aliphatic heterocycles. The van der Waals surface area contributed by atoms with Gasteiger partial charge in [-0.15, -0.1) is 11.8 Å². The second kappa shape index (κ2) is 8.19. The lowest BCUT2D eigenvalue weighted by Gasteiger charge is -2.05. The maximum Gasteiger partial charge on any atom is 0.213 e. The van der Waals surface area contributed by atoms with Gasteiger partial charge in [0.15, 0.2) is 0 Å². The first-order chi connectivity index (χ1) is 9.88. The summed E-state index contributed by atoms with van der Waals surface area (Å²) in [5.74, 6) is 1.43. The van der Waals surface area contributed by atoms with Crippen LogP contribution in [-0.4, -0.2) is 28.9 Å². The van der Waals surface area contributed by atoms with Crippen molar-refractivity contribution in [3.8, 4) is 5.88 Å². The molecule has 2 N–H and O–H groups in total. The number of rotatable bonds is 7. The summed E-state index contributed by atoms with van der Waals surface area (Å²) < 4.78 is 5.54. The molecule has 0 saturated carbocycles. The SMILES string of the molecule is ONC=Nc1ccc(OCCSc2ccccc2)nc1. The number of hydroxylamine groups is 1. The fraction of sp³-hybridized carbons (Fsp3) is 0.143. The van der Waals surface area contributed by atoms with Gasteiger partial charge >= 0.3 is 0 Å². The monoisotopic (exact) mass is 289 g/mol. The smallest absolute Gasteiger partial charge is 0.213 e. The Morgan fingerprint density at radius 1 is 1.25 bits per heavy atom. The van der Waals surface area contributed by atoms with Gasteiger partial charge in [0.05, 0.1) is 18.5 Å². The zero-order valence-electron chi connectivity index (χ0n) is 10.8. The fourth-order valence-corrected chi connectivity index (χ4v) is 2.21. The van der Waals surface area contributed by atoms with Gasteiger partial charge in [0.1, 0.15) is 6.34 Å². The van der Waals surface area contributed by atoms with Crippen LogP contribution in [0.1, 0.15) is 0 Å². The Balaban J connectivity index is 1.73. The van der Waals surface area contributed by atoms with Crippen LogP contribution in [0.4, 0.5) is 5.69 Å². The molecule has 104 valence electrons. The number of nitrogens with zero attached hydrogens (tertiary/aromatic N) is 2. The highest BCUT2D eigenvalue weighted by molar-refractivity contribution is 7.99. The first-order valence-electron chi connectivity index (χ1n) is 6.07. The summed E-state index contributed by atoms with van der Waals surface area (Å²) in [4.78, 5) is 9.24. The highest BCUT2D eigenvalue weighted by Gasteiger charge is 1.97. The summed E-state index contributed by atoms with van der Waals surface area (Å²) in [6.07, 6.45) is 2.75. The number of aromatic nitrogens is 1. The van der Waals surface area contributed by atoms with Gasteiger partial charge < -0.3 is 4.74 Å². The third-order valence-electron chi connectivity index (χ3n) is 2.34. The van der Waals surface area contributed by atoms with Crippen LogP contribution in [-0.2, 0) is 0 Å². The molecule has 0 bridgehead atoms. The molecule has 1 aromatic carbocycles. The summed E-state index contributed by atoms with van der Waals surface area (Å²) in [5, 5.41) is 8.37. The number of ether oxygens (including phenoxy) is 1. The Bertz CT molecular complexity index is 532. The van der Waals surface area contributed by atoms with Crippen LogP contribution in [0.3, 0.4) is 0 Å². The van der Waals surface area contributed by atoms with Crippen molar-refractivity contribution < 1.29 is 9.94 Å². The highest BCUT2D eigenvalue weighted by Crippen LogP contribution is 2.17. The summed E-state index contributed by atoms with van der Waals surface area (Å²) in [5.41, 5.74) is 2.47. The molecular weight excluding hydrogens is 274 g/mol. The van der Waals surface area contributed by atoms with Gasteiger partial charge in [-0.1, -0.05) is 18.2 Å². The molecule has 0 saturated heterocycles. The lowest BCUT2D eigenvalue weighted by molar-refractivity contribution is 0.240. The second-order valence-corrected chi connectivity index (χ2v) is 4.92. The minimum Gasteiger partial charge on any atom is -0.477 e. The predicted octanol–water partition coefficient (Wildman–Crippen LogP) is 2.89. The van der Waals surface area contributed by atoms with Gasteiger partial charge in [-0.3, -0.25) is 10.7 Å². The van der Waals surface area contributed by atoms with E-state index in [0.29, 0.717) is 18.2 Å². The van der Waals surface area contributed by atoms with Gasteiger partial charge in [-0.2, -0.15) is 0 Å². The van der Waals surface area contributed by atoms with E-state index in [9.17, 15) is 0 Å². The van der Waals surface area contributed by atoms with Gasteiger partial charge in [0.25, 0.3) is 0 Å². The lowest BCUT2D eigenvalue weighted by Crippen LogP contribution is -2.02.